The van der Waals surface area contributed by atoms with Gasteiger partial charge in [-0.25, -0.2) is 4.98 Å². The first kappa shape index (κ1) is 16.5. The molecule has 2 aliphatic rings. The Hall–Kier alpha value is -2.71. The number of H-pyrrole nitrogens is 1. The van der Waals surface area contributed by atoms with Crippen LogP contribution >= 0.6 is 11.3 Å². The minimum Gasteiger partial charge on any atom is -0.492 e. The monoisotopic (exact) mass is 382 g/mol. The number of hydrogen-bond acceptors (Lipinski definition) is 6. The molecule has 2 aliphatic heterocycles. The molecular weight excluding hydrogens is 364 g/mol. The Balaban J connectivity index is 1.51. The Bertz CT molecular complexity index is 999. The lowest BCUT2D eigenvalue weighted by molar-refractivity contribution is 0.0764. The molecule has 0 aliphatic carbocycles. The highest BCUT2D eigenvalue weighted by atomic mass is 32.1. The zero-order valence-electron chi connectivity index (χ0n) is 14.5. The van der Waals surface area contributed by atoms with Crippen LogP contribution in [0.1, 0.15) is 21.1 Å². The number of β-amino-alcohol motifs (C(OH)–C–C–N with tert-alkyl or cyclic N) is 1. The van der Waals surface area contributed by atoms with Crippen molar-refractivity contribution >= 4 is 17.2 Å². The Morgan fingerprint density at radius 1 is 1.37 bits per heavy atom. The zero-order chi connectivity index (χ0) is 18.4. The number of aliphatic hydroxyl groups excluding tert-OH is 1. The summed E-state index contributed by atoms with van der Waals surface area (Å²) < 4.78 is 5.95. The highest BCUT2D eigenvalue weighted by Crippen LogP contribution is 2.39. The third-order valence-corrected chi connectivity index (χ3v) is 6.09. The van der Waals surface area contributed by atoms with Crippen LogP contribution in [0.15, 0.2) is 30.6 Å². The molecule has 1 amide bonds. The maximum atomic E-state index is 12.7. The minimum absolute atomic E-state index is 0.0953. The molecule has 27 heavy (non-hydrogen) atoms. The topological polar surface area (TPSA) is 91.3 Å². The van der Waals surface area contributed by atoms with Gasteiger partial charge in [0.25, 0.3) is 5.91 Å². The van der Waals surface area contributed by atoms with E-state index in [1.807, 2.05) is 24.4 Å². The minimum atomic E-state index is -0.429. The number of aliphatic hydroxyl groups is 1. The van der Waals surface area contributed by atoms with Crippen LogP contribution in [-0.2, 0) is 6.42 Å². The molecule has 0 saturated carbocycles. The number of rotatable bonds is 2. The number of likely N-dealkylation sites (tertiary alicyclic amines) is 1. The second-order valence-electron chi connectivity index (χ2n) is 6.78. The number of thiazole rings is 1. The summed E-state index contributed by atoms with van der Waals surface area (Å²) in [6.45, 7) is 1.52. The molecule has 1 saturated heterocycles. The number of aromatic amines is 1. The van der Waals surface area contributed by atoms with Crippen molar-refractivity contribution in [2.75, 3.05) is 19.7 Å². The average Bonchev–Trinajstić information content (AvgIpc) is 3.41. The lowest BCUT2D eigenvalue weighted by atomic mass is 10.0. The smallest absolute Gasteiger partial charge is 0.282 e. The Kier molecular flexibility index (Phi) is 3.95. The Morgan fingerprint density at radius 3 is 3.07 bits per heavy atom. The fraction of sp³-hybridized carbons (Fsp3) is 0.316. The van der Waals surface area contributed by atoms with Crippen LogP contribution in [0.4, 0.5) is 0 Å². The summed E-state index contributed by atoms with van der Waals surface area (Å²) in [5.74, 6) is 0.676. The maximum Gasteiger partial charge on any atom is 0.282 e. The van der Waals surface area contributed by atoms with E-state index in [1.54, 1.807) is 11.1 Å². The van der Waals surface area contributed by atoms with E-state index >= 15 is 0 Å². The summed E-state index contributed by atoms with van der Waals surface area (Å²) in [7, 11) is 0. The molecule has 0 bridgehead atoms. The van der Waals surface area contributed by atoms with E-state index in [0.717, 1.165) is 39.4 Å². The molecule has 1 fully saturated rings. The van der Waals surface area contributed by atoms with Crippen molar-refractivity contribution in [2.45, 2.75) is 18.9 Å². The van der Waals surface area contributed by atoms with Gasteiger partial charge in [-0.1, -0.05) is 6.07 Å². The standard InChI is InChI=1S/C19H18N4O3S/c24-13-3-5-23(10-13)19(25)18-22-17-14-2-1-11(12-8-20-21-9-12)7-15(14)26-6-4-16(17)27-18/h1-2,7-9,13,24H,3-6,10H2,(H,20,21). The van der Waals surface area contributed by atoms with Gasteiger partial charge in [0.2, 0.25) is 0 Å². The van der Waals surface area contributed by atoms with E-state index in [1.165, 1.54) is 11.3 Å². The summed E-state index contributed by atoms with van der Waals surface area (Å²) in [4.78, 5) is 20.1. The van der Waals surface area contributed by atoms with Gasteiger partial charge in [-0.15, -0.1) is 11.3 Å². The van der Waals surface area contributed by atoms with Crippen molar-refractivity contribution in [1.82, 2.24) is 20.1 Å². The van der Waals surface area contributed by atoms with Gasteiger partial charge in [-0.2, -0.15) is 5.10 Å². The quantitative estimate of drug-likeness (QED) is 0.710. The van der Waals surface area contributed by atoms with Crippen molar-refractivity contribution in [3.63, 3.8) is 0 Å². The molecule has 1 atom stereocenters. The summed E-state index contributed by atoms with van der Waals surface area (Å²) in [6.07, 6.45) is 4.53. The molecule has 2 aromatic heterocycles. The maximum absolute atomic E-state index is 12.7. The van der Waals surface area contributed by atoms with Crippen LogP contribution in [0.5, 0.6) is 5.75 Å². The van der Waals surface area contributed by atoms with Crippen molar-refractivity contribution in [1.29, 1.82) is 0 Å². The summed E-state index contributed by atoms with van der Waals surface area (Å²) in [5, 5.41) is 17.0. The van der Waals surface area contributed by atoms with Gasteiger partial charge < -0.3 is 14.7 Å². The van der Waals surface area contributed by atoms with E-state index in [2.05, 4.69) is 15.2 Å². The molecule has 7 nitrogen and oxygen atoms in total. The largest absolute Gasteiger partial charge is 0.492 e. The molecule has 8 heteroatoms. The molecule has 1 aromatic carbocycles. The molecule has 5 rings (SSSR count). The van der Waals surface area contributed by atoms with Gasteiger partial charge in [0.1, 0.15) is 5.75 Å². The number of hydrogen-bond donors (Lipinski definition) is 2. The lowest BCUT2D eigenvalue weighted by Crippen LogP contribution is -2.29. The first-order valence-electron chi connectivity index (χ1n) is 8.92. The van der Waals surface area contributed by atoms with E-state index in [0.29, 0.717) is 31.1 Å². The van der Waals surface area contributed by atoms with Crippen LogP contribution < -0.4 is 4.74 Å². The predicted octanol–water partition coefficient (Wildman–Crippen LogP) is 2.34. The number of carbonyl (C=O) groups is 1. The van der Waals surface area contributed by atoms with E-state index < -0.39 is 6.10 Å². The molecule has 0 radical (unpaired) electrons. The number of carbonyl (C=O) groups excluding carboxylic acids is 1. The van der Waals surface area contributed by atoms with Gasteiger partial charge in [0.15, 0.2) is 5.01 Å². The normalized spacial score (nSPS) is 18.6. The number of ether oxygens (including phenoxy) is 1. The zero-order valence-corrected chi connectivity index (χ0v) is 15.3. The summed E-state index contributed by atoms with van der Waals surface area (Å²) >= 11 is 1.43. The average molecular weight is 382 g/mol. The van der Waals surface area contributed by atoms with Crippen LogP contribution in [0.3, 0.4) is 0 Å². The van der Waals surface area contributed by atoms with Crippen LogP contribution in [0.25, 0.3) is 22.4 Å². The van der Waals surface area contributed by atoms with Gasteiger partial charge >= 0.3 is 0 Å². The fourth-order valence-electron chi connectivity index (χ4n) is 3.56. The number of amides is 1. The first-order chi connectivity index (χ1) is 13.2. The number of aromatic nitrogens is 3. The second kappa shape index (κ2) is 6.47. The van der Waals surface area contributed by atoms with Crippen molar-refractivity contribution in [3.8, 4) is 28.1 Å². The van der Waals surface area contributed by atoms with Crippen LogP contribution in [-0.4, -0.2) is 56.9 Å². The number of nitrogens with zero attached hydrogens (tertiary/aromatic N) is 3. The highest BCUT2D eigenvalue weighted by molar-refractivity contribution is 7.14. The van der Waals surface area contributed by atoms with Crippen LogP contribution in [0, 0.1) is 0 Å². The third kappa shape index (κ3) is 2.90. The van der Waals surface area contributed by atoms with Gasteiger partial charge in [-0.3, -0.25) is 9.89 Å². The van der Waals surface area contributed by atoms with Gasteiger partial charge in [0.05, 0.1) is 24.6 Å². The molecule has 2 N–H and O–H groups in total. The van der Waals surface area contributed by atoms with Crippen LogP contribution in [0.2, 0.25) is 0 Å². The molecule has 4 heterocycles. The van der Waals surface area contributed by atoms with Crippen molar-refractivity contribution in [3.05, 3.63) is 40.5 Å². The Labute approximate surface area is 159 Å². The second-order valence-corrected chi connectivity index (χ2v) is 7.86. The number of nitrogens with one attached hydrogen (secondary N) is 1. The molecule has 138 valence electrons. The number of benzene rings is 1. The Morgan fingerprint density at radius 2 is 2.30 bits per heavy atom. The fourth-order valence-corrected chi connectivity index (χ4v) is 4.59. The molecule has 0 spiro atoms. The van der Waals surface area contributed by atoms with E-state index in [4.69, 9.17) is 4.74 Å². The third-order valence-electron chi connectivity index (χ3n) is 4.99. The summed E-state index contributed by atoms with van der Waals surface area (Å²) in [6, 6.07) is 6.00. The summed E-state index contributed by atoms with van der Waals surface area (Å²) in [5.41, 5.74) is 3.75. The highest BCUT2D eigenvalue weighted by Gasteiger charge is 2.29. The molecule has 1 unspecified atom stereocenters. The van der Waals surface area contributed by atoms with Gasteiger partial charge in [0, 0.05) is 41.7 Å². The van der Waals surface area contributed by atoms with Crippen molar-refractivity contribution in [2.24, 2.45) is 0 Å². The first-order valence-corrected chi connectivity index (χ1v) is 9.74. The molecule has 3 aromatic rings. The van der Waals surface area contributed by atoms with E-state index in [9.17, 15) is 9.90 Å². The van der Waals surface area contributed by atoms with Crippen molar-refractivity contribution < 1.29 is 14.6 Å². The van der Waals surface area contributed by atoms with E-state index in [-0.39, 0.29) is 5.91 Å². The predicted molar refractivity (Wildman–Crippen MR) is 101 cm³/mol. The molecular formula is C19H18N4O3S. The SMILES string of the molecule is O=C(c1nc2c(s1)CCOc1cc(-c3cn[nH]c3)ccc1-2)N1CCC(O)C1. The lowest BCUT2D eigenvalue weighted by Gasteiger charge is -2.13. The van der Waals surface area contributed by atoms with Gasteiger partial charge in [-0.05, 0) is 24.1 Å². The number of fused-ring (bicyclic) bond motifs is 3.